The second-order valence-corrected chi connectivity index (χ2v) is 20.3. The largest absolute Gasteiger partial charge is 0.385 e. The van der Waals surface area contributed by atoms with Gasteiger partial charge in [0.1, 0.15) is 6.61 Å². The molecule has 2 unspecified atom stereocenters. The maximum atomic E-state index is 12.5. The number of anilines is 1. The van der Waals surface area contributed by atoms with Crippen LogP contribution in [0.5, 0.6) is 0 Å². The smallest absolute Gasteiger partial charge is 0.333 e. The van der Waals surface area contributed by atoms with Crippen molar-refractivity contribution in [2.45, 2.75) is 98.7 Å². The van der Waals surface area contributed by atoms with E-state index in [1.54, 1.807) is 19.2 Å². The summed E-state index contributed by atoms with van der Waals surface area (Å²) in [6, 6.07) is 8.69. The number of carbonyl (C=O) groups excluding carboxylic acids is 3. The minimum absolute atomic E-state index is 0.0144. The minimum Gasteiger partial charge on any atom is -0.385 e. The molecule has 1 saturated heterocycles. The first-order chi connectivity index (χ1) is 29.0. The molecule has 18 nitrogen and oxygen atoms in total. The van der Waals surface area contributed by atoms with Gasteiger partial charge in [0.15, 0.2) is 12.3 Å². The zero-order chi connectivity index (χ0) is 45.7. The molecule has 1 fully saturated rings. The summed E-state index contributed by atoms with van der Waals surface area (Å²) in [6.07, 6.45) is 8.13. The Morgan fingerprint density at radius 1 is 0.790 bits per heavy atom. The third-order valence-electron chi connectivity index (χ3n) is 11.6. The monoisotopic (exact) mass is 924 g/mol. The number of unbranched alkanes of at least 4 members (excludes halogenated alkanes) is 3. The third kappa shape index (κ3) is 11.0. The highest BCUT2D eigenvalue weighted by Gasteiger charge is 2.48. The van der Waals surface area contributed by atoms with Crippen molar-refractivity contribution >= 4 is 65.2 Å². The minimum atomic E-state index is -4.60. The zero-order valence-corrected chi connectivity index (χ0v) is 37.6. The Morgan fingerprint density at radius 2 is 1.42 bits per heavy atom. The summed E-state index contributed by atoms with van der Waals surface area (Å²) >= 11 is 0. The first-order valence-electron chi connectivity index (χ1n) is 20.1. The van der Waals surface area contributed by atoms with Gasteiger partial charge in [-0.15, -0.1) is 5.06 Å². The van der Waals surface area contributed by atoms with Crippen molar-refractivity contribution in [3.63, 3.8) is 0 Å². The topological polar surface area (TPSA) is 251 Å². The SMILES string of the molecule is COCC[N+]1=C(/C=C/C=C2/N(CCCCCC(=O)ON3C(=O)CCC3=O)c3ccc(S(=O)(=O)O)cc3C2(C)CCOC)C(C)(CCCCS(=O)(=O)O)c2cc(S(=O)(=O)O)ccc21. The summed E-state index contributed by atoms with van der Waals surface area (Å²) in [6.45, 7) is 5.13. The number of carbonyl (C=O) groups is 3. The molecule has 62 heavy (non-hydrogen) atoms. The van der Waals surface area contributed by atoms with Crippen LogP contribution in [0.3, 0.4) is 0 Å². The Hall–Kier alpha value is -4.35. The van der Waals surface area contributed by atoms with E-state index in [0.29, 0.717) is 84.9 Å². The molecule has 0 aromatic heterocycles. The molecule has 3 aliphatic heterocycles. The molecular formula is C41H54N3O15S3+. The molecule has 0 aliphatic carbocycles. The van der Waals surface area contributed by atoms with E-state index in [2.05, 4.69) is 0 Å². The van der Waals surface area contributed by atoms with Crippen molar-refractivity contribution in [2.75, 3.05) is 51.2 Å². The fraction of sp³-hybridized carbons (Fsp3) is 0.512. The lowest BCUT2D eigenvalue weighted by molar-refractivity contribution is -0.441. The molecule has 3 N–H and O–H groups in total. The first kappa shape index (κ1) is 48.7. The highest BCUT2D eigenvalue weighted by Crippen LogP contribution is 2.51. The lowest BCUT2D eigenvalue weighted by Gasteiger charge is -2.30. The van der Waals surface area contributed by atoms with Crippen LogP contribution in [0.25, 0.3) is 0 Å². The Kier molecular flexibility index (Phi) is 15.4. The molecule has 3 aliphatic rings. The lowest BCUT2D eigenvalue weighted by Crippen LogP contribution is -2.32. The van der Waals surface area contributed by atoms with Gasteiger partial charge in [0, 0.05) is 81.1 Å². The van der Waals surface area contributed by atoms with Crippen LogP contribution in [-0.2, 0) is 69.9 Å². The highest BCUT2D eigenvalue weighted by molar-refractivity contribution is 7.86. The number of methoxy groups -OCH3 is 2. The zero-order valence-electron chi connectivity index (χ0n) is 35.1. The Labute approximate surface area is 362 Å². The second kappa shape index (κ2) is 19.6. The molecular weight excluding hydrogens is 871 g/mol. The summed E-state index contributed by atoms with van der Waals surface area (Å²) < 4.78 is 115. The van der Waals surface area contributed by atoms with Crippen LogP contribution in [0.1, 0.15) is 89.2 Å². The van der Waals surface area contributed by atoms with Crippen LogP contribution >= 0.6 is 0 Å². The van der Waals surface area contributed by atoms with Crippen molar-refractivity contribution in [1.29, 1.82) is 0 Å². The van der Waals surface area contributed by atoms with Gasteiger partial charge in [0.25, 0.3) is 42.2 Å². The molecule has 21 heteroatoms. The normalized spacial score (nSPS) is 21.2. The molecule has 3 heterocycles. The number of nitrogens with zero attached hydrogens (tertiary/aromatic N) is 3. The molecule has 5 rings (SSSR count). The Bertz CT molecular complexity index is 2490. The summed E-state index contributed by atoms with van der Waals surface area (Å²) in [7, 11) is -10.3. The molecule has 0 bridgehead atoms. The van der Waals surface area contributed by atoms with Crippen LogP contribution in [0.2, 0.25) is 0 Å². The predicted molar refractivity (Wildman–Crippen MR) is 226 cm³/mol. The van der Waals surface area contributed by atoms with Gasteiger partial charge in [-0.1, -0.05) is 18.9 Å². The number of imide groups is 1. The van der Waals surface area contributed by atoms with E-state index in [1.807, 2.05) is 41.6 Å². The third-order valence-corrected chi connectivity index (χ3v) is 14.1. The molecule has 2 aromatic carbocycles. The average molecular weight is 925 g/mol. The number of benzene rings is 2. The molecule has 0 saturated carbocycles. The standard InChI is InChI=1S/C41H53N3O15S3/c1-40(20-7-9-26-60(48,49)50)31-27-29(61(51,52)53)15-17-34(31)43(23-25-58-4)35(40)11-10-12-36-41(2,21-24-57-3)32-28-30(62(54,55)56)14-16-33(32)42(36)22-8-5-6-13-39(47)59-44-37(45)18-19-38(44)46/h10-12,14-17,27-28H,5-9,13,18-26H2,1-4H3,(H2-,48,49,50,51,52,53,54,55,56)/p+1. The molecule has 2 atom stereocenters. The highest BCUT2D eigenvalue weighted by atomic mass is 32.2. The van der Waals surface area contributed by atoms with E-state index >= 15 is 0 Å². The van der Waals surface area contributed by atoms with E-state index in [4.69, 9.17) is 14.3 Å². The maximum absolute atomic E-state index is 12.5. The van der Waals surface area contributed by atoms with Crippen molar-refractivity contribution < 1.29 is 72.2 Å². The molecule has 0 spiro atoms. The first-order valence-corrected chi connectivity index (χ1v) is 24.6. The van der Waals surface area contributed by atoms with Crippen molar-refractivity contribution in [3.8, 4) is 0 Å². The number of hydrogen-bond acceptors (Lipinski definition) is 13. The number of amides is 2. The summed E-state index contributed by atoms with van der Waals surface area (Å²) in [5.41, 5.74) is 2.19. The number of ether oxygens (including phenoxy) is 2. The number of rotatable bonds is 22. The quantitative estimate of drug-likeness (QED) is 0.0628. The van der Waals surface area contributed by atoms with Crippen molar-refractivity contribution in [1.82, 2.24) is 5.06 Å². The lowest BCUT2D eigenvalue weighted by atomic mass is 9.75. The van der Waals surface area contributed by atoms with E-state index in [1.165, 1.54) is 31.4 Å². The maximum Gasteiger partial charge on any atom is 0.333 e. The van der Waals surface area contributed by atoms with Gasteiger partial charge in [-0.05, 0) is 87.9 Å². The number of hydrogen-bond donors (Lipinski definition) is 3. The van der Waals surface area contributed by atoms with Gasteiger partial charge >= 0.3 is 5.97 Å². The van der Waals surface area contributed by atoms with Crippen LogP contribution < -0.4 is 4.90 Å². The summed E-state index contributed by atoms with van der Waals surface area (Å²) in [5.74, 6) is -2.31. The Morgan fingerprint density at radius 3 is 2.03 bits per heavy atom. The van der Waals surface area contributed by atoms with Gasteiger partial charge in [0.05, 0.1) is 21.0 Å². The van der Waals surface area contributed by atoms with Crippen LogP contribution in [0.15, 0.2) is 70.1 Å². The molecule has 2 amide bonds. The van der Waals surface area contributed by atoms with Gasteiger partial charge in [-0.3, -0.25) is 23.2 Å². The van der Waals surface area contributed by atoms with Crippen LogP contribution in [0.4, 0.5) is 11.4 Å². The van der Waals surface area contributed by atoms with E-state index < -0.39 is 64.7 Å². The van der Waals surface area contributed by atoms with Crippen LogP contribution in [-0.4, -0.2) is 118 Å². The van der Waals surface area contributed by atoms with Gasteiger partial charge < -0.3 is 19.2 Å². The Balaban J connectivity index is 1.54. The van der Waals surface area contributed by atoms with Crippen LogP contribution in [0, 0.1) is 0 Å². The van der Waals surface area contributed by atoms with Gasteiger partial charge in [0.2, 0.25) is 5.69 Å². The van der Waals surface area contributed by atoms with E-state index in [-0.39, 0.29) is 48.7 Å². The summed E-state index contributed by atoms with van der Waals surface area (Å²) in [4.78, 5) is 42.7. The van der Waals surface area contributed by atoms with Gasteiger partial charge in [-0.25, -0.2) is 4.79 Å². The summed E-state index contributed by atoms with van der Waals surface area (Å²) in [5, 5.41) is 0.512. The predicted octanol–water partition coefficient (Wildman–Crippen LogP) is 4.66. The van der Waals surface area contributed by atoms with E-state index in [0.717, 1.165) is 5.70 Å². The van der Waals surface area contributed by atoms with Crippen molar-refractivity contribution in [3.05, 3.63) is 71.5 Å². The molecule has 0 radical (unpaired) electrons. The van der Waals surface area contributed by atoms with Gasteiger partial charge in [-0.2, -0.15) is 29.8 Å². The fourth-order valence-corrected chi connectivity index (χ4v) is 9.98. The fourth-order valence-electron chi connectivity index (χ4n) is 8.40. The molecule has 340 valence electrons. The number of allylic oxidation sites excluding steroid dienone is 4. The average Bonchev–Trinajstić information content (AvgIpc) is 3.73. The van der Waals surface area contributed by atoms with E-state index in [9.17, 15) is 53.3 Å². The number of fused-ring (bicyclic) bond motifs is 2. The second-order valence-electron chi connectivity index (χ2n) is 15.9. The molecule has 2 aromatic rings. The van der Waals surface area contributed by atoms with Crippen molar-refractivity contribution in [2.24, 2.45) is 0 Å². The number of hydroxylamine groups is 2.